The molecule has 2 aliphatic rings. The van der Waals surface area contributed by atoms with Gasteiger partial charge in [-0.05, 0) is 213 Å². The molecule has 346 valence electrons. The van der Waals surface area contributed by atoms with Gasteiger partial charge in [0.05, 0.1) is 0 Å². The molecule has 8 rings (SSSR count). The molecule has 4 aromatic carbocycles. The number of hydrogen-bond donors (Lipinski definition) is 2. The molecule has 6 aromatic rings. The van der Waals surface area contributed by atoms with Crippen LogP contribution in [0.4, 0.5) is 11.9 Å². The van der Waals surface area contributed by atoms with E-state index < -0.39 is 0 Å². The van der Waals surface area contributed by atoms with Gasteiger partial charge in [-0.1, -0.05) is 82.9 Å². The Morgan fingerprint density at radius 1 is 0.382 bits per heavy atom. The Morgan fingerprint density at radius 2 is 0.647 bits per heavy atom. The van der Waals surface area contributed by atoms with Gasteiger partial charge in [-0.3, -0.25) is 0 Å². The number of aromatic nitrogens is 4. The van der Waals surface area contributed by atoms with Crippen LogP contribution in [0.1, 0.15) is 94.5 Å². The van der Waals surface area contributed by atoms with Crippen molar-refractivity contribution in [1.29, 1.82) is 0 Å². The number of anilines is 2. The van der Waals surface area contributed by atoms with Gasteiger partial charge in [0.2, 0.25) is 0 Å². The summed E-state index contributed by atoms with van der Waals surface area (Å²) in [6.07, 6.45) is 21.8. The normalized spacial score (nSPS) is 13.8. The Bertz CT molecular complexity index is 2810. The standard InChI is InChI=1S/C60H66N8/c1-35-23-43(9)55(44(10)24-35)65-19-20-66(56-45(11)25-36(2)26-46(56)12)59(65)63-61-53-39(5)31-51(32-40(53)6)17-18-52-33-41(7)54(42(8)34-52)62-64-60-67(57-47(13)27-37(3)28-48(57)14)21-22-68(60)58-49(15)29-38(4)30-50(58)16/h17-34H,1-16H3/p+2. The maximum Gasteiger partial charge on any atom is 0.391 e. The molecular weight excluding hydrogens is 833 g/mol. The highest BCUT2D eigenvalue weighted by molar-refractivity contribution is 6.14. The zero-order valence-electron chi connectivity index (χ0n) is 43.1. The van der Waals surface area contributed by atoms with Crippen molar-refractivity contribution < 1.29 is 9.13 Å². The van der Waals surface area contributed by atoms with E-state index in [2.05, 4.69) is 250 Å². The molecule has 0 radical (unpaired) electrons. The summed E-state index contributed by atoms with van der Waals surface area (Å²) < 4.78 is 8.95. The van der Waals surface area contributed by atoms with Gasteiger partial charge in [0, 0.05) is 0 Å². The molecule has 0 aliphatic heterocycles. The van der Waals surface area contributed by atoms with Crippen molar-refractivity contribution in [2.45, 2.75) is 111 Å². The lowest BCUT2D eigenvalue weighted by molar-refractivity contribution is -0.580. The van der Waals surface area contributed by atoms with Crippen LogP contribution in [0.15, 0.2) is 153 Å². The SMILES string of the molecule is CC1=CC(=CC=C2C=C(C)C(=NNc3n(-c4c(C)cc(C)cc4C)cc[n+]3-c3c(C)cc(C)cc3C)C(C)=C2)C=C(C)C1=NNc1n(-c2c(C)cc(C)cc2C)cc[n+]1-c1c(C)cc(C)cc1C. The molecule has 0 fully saturated rings. The number of rotatable bonds is 9. The summed E-state index contributed by atoms with van der Waals surface area (Å²) in [5, 5.41) is 10.3. The average Bonchev–Trinajstić information content (AvgIpc) is 3.81. The summed E-state index contributed by atoms with van der Waals surface area (Å²) in [4.78, 5) is 0. The Hall–Kier alpha value is -7.32. The van der Waals surface area contributed by atoms with Gasteiger partial charge in [0.1, 0.15) is 59.0 Å². The third-order valence-corrected chi connectivity index (χ3v) is 13.2. The first kappa shape index (κ1) is 47.2. The summed E-state index contributed by atoms with van der Waals surface area (Å²) in [6, 6.07) is 18.0. The molecule has 2 heterocycles. The number of hydrogen-bond acceptors (Lipinski definition) is 4. The molecule has 0 unspecified atom stereocenters. The second-order valence-corrected chi connectivity index (χ2v) is 19.5. The van der Waals surface area contributed by atoms with E-state index in [0.717, 1.165) is 79.5 Å². The molecular formula is C60H68N8+2. The maximum absolute atomic E-state index is 5.14. The van der Waals surface area contributed by atoms with Gasteiger partial charge in [0.25, 0.3) is 0 Å². The lowest BCUT2D eigenvalue weighted by Crippen LogP contribution is -2.34. The maximum atomic E-state index is 5.14. The second-order valence-electron chi connectivity index (χ2n) is 19.5. The van der Waals surface area contributed by atoms with E-state index >= 15 is 0 Å². The summed E-state index contributed by atoms with van der Waals surface area (Å²) in [6.45, 7) is 34.7. The molecule has 0 saturated heterocycles. The van der Waals surface area contributed by atoms with Gasteiger partial charge in [-0.15, -0.1) is 10.2 Å². The van der Waals surface area contributed by atoms with Crippen LogP contribution in [0.25, 0.3) is 22.7 Å². The van der Waals surface area contributed by atoms with Crippen LogP contribution in [-0.2, 0) is 0 Å². The summed E-state index contributed by atoms with van der Waals surface area (Å²) in [7, 11) is 0. The van der Waals surface area contributed by atoms with Crippen LogP contribution in [0.5, 0.6) is 0 Å². The van der Waals surface area contributed by atoms with E-state index in [9.17, 15) is 0 Å². The van der Waals surface area contributed by atoms with Crippen LogP contribution in [0.2, 0.25) is 0 Å². The Balaban J connectivity index is 1.08. The minimum absolute atomic E-state index is 0.870. The zero-order chi connectivity index (χ0) is 48.9. The van der Waals surface area contributed by atoms with Crippen molar-refractivity contribution in [1.82, 2.24) is 9.13 Å². The lowest BCUT2D eigenvalue weighted by atomic mass is 9.93. The number of allylic oxidation sites excluding steroid dienone is 12. The monoisotopic (exact) mass is 901 g/mol. The van der Waals surface area contributed by atoms with Crippen molar-refractivity contribution in [3.63, 3.8) is 0 Å². The molecule has 2 N–H and O–H groups in total. The van der Waals surface area contributed by atoms with Gasteiger partial charge >= 0.3 is 11.9 Å². The number of benzene rings is 4. The van der Waals surface area contributed by atoms with E-state index in [1.165, 1.54) is 66.8 Å². The van der Waals surface area contributed by atoms with Crippen LogP contribution >= 0.6 is 0 Å². The summed E-state index contributed by atoms with van der Waals surface area (Å²) in [5.41, 5.74) is 34.9. The van der Waals surface area contributed by atoms with Crippen molar-refractivity contribution in [3.8, 4) is 22.7 Å². The van der Waals surface area contributed by atoms with Crippen LogP contribution in [0, 0.1) is 83.1 Å². The quantitative estimate of drug-likeness (QED) is 0.112. The number of nitrogens with one attached hydrogen (secondary N) is 2. The first-order chi connectivity index (χ1) is 32.3. The third kappa shape index (κ3) is 9.20. The number of aryl methyl sites for hydroxylation is 12. The lowest BCUT2D eigenvalue weighted by Gasteiger charge is -2.16. The van der Waals surface area contributed by atoms with Crippen molar-refractivity contribution in [2.24, 2.45) is 10.2 Å². The van der Waals surface area contributed by atoms with E-state index in [0.29, 0.717) is 0 Å². The van der Waals surface area contributed by atoms with E-state index in [1.54, 1.807) is 0 Å². The largest absolute Gasteiger partial charge is 0.391 e. The first-order valence-electron chi connectivity index (χ1n) is 23.7. The van der Waals surface area contributed by atoms with Crippen LogP contribution in [-0.4, -0.2) is 20.6 Å². The molecule has 0 atom stereocenters. The second kappa shape index (κ2) is 18.8. The van der Waals surface area contributed by atoms with Gasteiger partial charge in [-0.2, -0.15) is 29.1 Å². The highest BCUT2D eigenvalue weighted by Gasteiger charge is 2.27. The van der Waals surface area contributed by atoms with Crippen molar-refractivity contribution in [3.05, 3.63) is 210 Å². The van der Waals surface area contributed by atoms with E-state index in [1.807, 2.05) is 0 Å². The smallest absolute Gasteiger partial charge is 0.200 e. The summed E-state index contributed by atoms with van der Waals surface area (Å²) >= 11 is 0. The Morgan fingerprint density at radius 3 is 0.926 bits per heavy atom. The fraction of sp³-hybridized carbons (Fsp3) is 0.267. The number of imidazole rings is 2. The molecule has 8 heteroatoms. The van der Waals surface area contributed by atoms with Gasteiger partial charge in [-0.25, -0.2) is 0 Å². The highest BCUT2D eigenvalue weighted by Crippen LogP contribution is 2.30. The fourth-order valence-electron chi connectivity index (χ4n) is 10.9. The molecule has 2 aliphatic carbocycles. The van der Waals surface area contributed by atoms with Crippen molar-refractivity contribution in [2.75, 3.05) is 10.9 Å². The van der Waals surface area contributed by atoms with Crippen molar-refractivity contribution >= 4 is 23.3 Å². The highest BCUT2D eigenvalue weighted by atomic mass is 15.4. The van der Waals surface area contributed by atoms with Crippen LogP contribution < -0.4 is 20.0 Å². The predicted molar refractivity (Wildman–Crippen MR) is 285 cm³/mol. The van der Waals surface area contributed by atoms with Crippen LogP contribution in [0.3, 0.4) is 0 Å². The minimum Gasteiger partial charge on any atom is -0.200 e. The average molecular weight is 901 g/mol. The molecule has 0 saturated carbocycles. The number of hydrazone groups is 2. The molecule has 8 nitrogen and oxygen atoms in total. The predicted octanol–water partition coefficient (Wildman–Crippen LogP) is 13.4. The minimum atomic E-state index is 0.870. The molecule has 0 spiro atoms. The molecule has 0 bridgehead atoms. The summed E-state index contributed by atoms with van der Waals surface area (Å²) in [5.74, 6) is 1.74. The fourth-order valence-corrected chi connectivity index (χ4v) is 10.9. The van der Waals surface area contributed by atoms with Gasteiger partial charge in [0.15, 0.2) is 0 Å². The molecule has 68 heavy (non-hydrogen) atoms. The first-order valence-corrected chi connectivity index (χ1v) is 23.7. The van der Waals surface area contributed by atoms with E-state index in [-0.39, 0.29) is 0 Å². The topological polar surface area (TPSA) is 66.4 Å². The van der Waals surface area contributed by atoms with E-state index in [4.69, 9.17) is 10.2 Å². The number of nitrogens with zero attached hydrogens (tertiary/aromatic N) is 6. The Labute approximate surface area is 404 Å². The third-order valence-electron chi connectivity index (χ3n) is 13.2. The van der Waals surface area contributed by atoms with Gasteiger partial charge < -0.3 is 0 Å². The molecule has 0 amide bonds. The zero-order valence-corrected chi connectivity index (χ0v) is 43.1. The molecule has 2 aromatic heterocycles. The Kier molecular flexibility index (Phi) is 13.0.